The lowest BCUT2D eigenvalue weighted by Gasteiger charge is -2.22. The molecule has 25 heavy (non-hydrogen) atoms. The first-order valence-electron chi connectivity index (χ1n) is 8.98. The van der Waals surface area contributed by atoms with E-state index >= 15 is 0 Å². The Hall–Kier alpha value is -1.02. The molecular weight excluding hydrogens is 429 g/mol. The maximum Gasteiger partial charge on any atom is 0.191 e. The van der Waals surface area contributed by atoms with Crippen molar-refractivity contribution in [3.8, 4) is 5.75 Å². The van der Waals surface area contributed by atoms with Crippen LogP contribution in [0.25, 0.3) is 0 Å². The van der Waals surface area contributed by atoms with Crippen LogP contribution in [0.3, 0.4) is 0 Å². The van der Waals surface area contributed by atoms with Crippen LogP contribution in [0.5, 0.6) is 5.75 Å². The number of hydrogen-bond donors (Lipinski definition) is 2. The van der Waals surface area contributed by atoms with E-state index in [0.29, 0.717) is 24.2 Å². The molecule has 2 bridgehead atoms. The van der Waals surface area contributed by atoms with E-state index in [4.69, 9.17) is 9.47 Å². The summed E-state index contributed by atoms with van der Waals surface area (Å²) in [5, 5.41) is 6.90. The van der Waals surface area contributed by atoms with Gasteiger partial charge in [-0.3, -0.25) is 4.99 Å². The van der Waals surface area contributed by atoms with E-state index in [9.17, 15) is 0 Å². The highest BCUT2D eigenvalue weighted by atomic mass is 127. The van der Waals surface area contributed by atoms with Gasteiger partial charge in [0.05, 0.1) is 24.9 Å². The number of aliphatic imine (C=N–C) groups is 1. The lowest BCUT2D eigenvalue weighted by Crippen LogP contribution is -2.47. The monoisotopic (exact) mass is 459 g/mol. The standard InChI is InChI=1S/C19H29N3O2.HI/c1-13(2)12-23-15-6-4-5-14(9-15)11-21-19(20-3)22-17-10-16-7-8-18(17)24-16;/h4-6,9,13,16-18H,7-8,10-12H2,1-3H3,(H2,20,21,22);1H. The number of rotatable bonds is 6. The van der Waals surface area contributed by atoms with Crippen LogP contribution in [-0.4, -0.2) is 37.9 Å². The highest BCUT2D eigenvalue weighted by Crippen LogP contribution is 2.34. The number of nitrogens with one attached hydrogen (secondary N) is 2. The zero-order valence-corrected chi connectivity index (χ0v) is 17.7. The average Bonchev–Trinajstić information content (AvgIpc) is 3.20. The van der Waals surface area contributed by atoms with Crippen molar-refractivity contribution in [1.29, 1.82) is 0 Å². The second-order valence-electron chi connectivity index (χ2n) is 7.14. The molecule has 2 aliphatic rings. The molecule has 0 spiro atoms. The Morgan fingerprint density at radius 2 is 2.20 bits per heavy atom. The zero-order valence-electron chi connectivity index (χ0n) is 15.3. The minimum atomic E-state index is 0. The predicted octanol–water partition coefficient (Wildman–Crippen LogP) is 3.32. The smallest absolute Gasteiger partial charge is 0.191 e. The van der Waals surface area contributed by atoms with Crippen LogP contribution in [0.1, 0.15) is 38.7 Å². The van der Waals surface area contributed by atoms with Crippen LogP contribution in [0.4, 0.5) is 0 Å². The van der Waals surface area contributed by atoms with E-state index in [1.165, 1.54) is 12.0 Å². The normalized spacial score (nSPS) is 25.0. The fourth-order valence-corrected chi connectivity index (χ4v) is 3.35. The first kappa shape index (κ1) is 20.3. The number of ether oxygens (including phenoxy) is 2. The molecule has 2 heterocycles. The average molecular weight is 459 g/mol. The first-order chi connectivity index (χ1) is 11.6. The van der Waals surface area contributed by atoms with E-state index in [-0.39, 0.29) is 24.0 Å². The molecule has 3 atom stereocenters. The zero-order chi connectivity index (χ0) is 16.9. The molecule has 0 aromatic heterocycles. The molecule has 2 aliphatic heterocycles. The fraction of sp³-hybridized carbons (Fsp3) is 0.632. The molecule has 3 unspecified atom stereocenters. The lowest BCUT2D eigenvalue weighted by atomic mass is 9.96. The molecule has 0 aliphatic carbocycles. The number of benzene rings is 1. The molecule has 1 aromatic rings. The molecular formula is C19H30IN3O2. The Balaban J connectivity index is 0.00000225. The molecule has 2 saturated heterocycles. The van der Waals surface area contributed by atoms with Crippen LogP contribution < -0.4 is 15.4 Å². The topological polar surface area (TPSA) is 54.9 Å². The molecule has 0 saturated carbocycles. The maximum absolute atomic E-state index is 5.89. The van der Waals surface area contributed by atoms with Crippen LogP contribution in [0.2, 0.25) is 0 Å². The third-order valence-corrected chi connectivity index (χ3v) is 4.59. The summed E-state index contributed by atoms with van der Waals surface area (Å²) >= 11 is 0. The van der Waals surface area contributed by atoms with Crippen LogP contribution in [0.15, 0.2) is 29.3 Å². The lowest BCUT2D eigenvalue weighted by molar-refractivity contribution is 0.0992. The number of fused-ring (bicyclic) bond motifs is 2. The second kappa shape index (κ2) is 9.62. The van der Waals surface area contributed by atoms with E-state index in [0.717, 1.165) is 37.7 Å². The third kappa shape index (κ3) is 5.74. The minimum absolute atomic E-state index is 0. The largest absolute Gasteiger partial charge is 0.493 e. The summed E-state index contributed by atoms with van der Waals surface area (Å²) in [5.74, 6) is 2.29. The van der Waals surface area contributed by atoms with Crippen LogP contribution in [0, 0.1) is 5.92 Å². The van der Waals surface area contributed by atoms with Gasteiger partial charge in [-0.05, 0) is 42.9 Å². The summed E-state index contributed by atoms with van der Waals surface area (Å²) in [6, 6.07) is 8.61. The Kier molecular flexibility index (Phi) is 7.81. The SMILES string of the molecule is CN=C(NCc1cccc(OCC(C)C)c1)NC1CC2CCC1O2.I. The van der Waals surface area contributed by atoms with Crippen molar-refractivity contribution in [2.45, 2.75) is 57.9 Å². The van der Waals surface area contributed by atoms with Gasteiger partial charge in [-0.15, -0.1) is 24.0 Å². The maximum atomic E-state index is 5.89. The number of guanidine groups is 1. The van der Waals surface area contributed by atoms with Crippen molar-refractivity contribution < 1.29 is 9.47 Å². The number of hydrogen-bond acceptors (Lipinski definition) is 3. The van der Waals surface area contributed by atoms with Gasteiger partial charge >= 0.3 is 0 Å². The van der Waals surface area contributed by atoms with Crippen molar-refractivity contribution >= 4 is 29.9 Å². The van der Waals surface area contributed by atoms with Gasteiger partial charge in [-0.25, -0.2) is 0 Å². The summed E-state index contributed by atoms with van der Waals surface area (Å²) < 4.78 is 11.7. The van der Waals surface area contributed by atoms with Gasteiger partial charge in [0.25, 0.3) is 0 Å². The minimum Gasteiger partial charge on any atom is -0.493 e. The highest BCUT2D eigenvalue weighted by Gasteiger charge is 2.41. The van der Waals surface area contributed by atoms with Gasteiger partial charge in [0.2, 0.25) is 0 Å². The molecule has 5 nitrogen and oxygen atoms in total. The van der Waals surface area contributed by atoms with E-state index < -0.39 is 0 Å². The quantitative estimate of drug-likeness (QED) is 0.390. The summed E-state index contributed by atoms with van der Waals surface area (Å²) in [6.07, 6.45) is 4.25. The van der Waals surface area contributed by atoms with Crippen molar-refractivity contribution in [3.05, 3.63) is 29.8 Å². The summed E-state index contributed by atoms with van der Waals surface area (Å²) in [4.78, 5) is 4.34. The fourth-order valence-electron chi connectivity index (χ4n) is 3.35. The van der Waals surface area contributed by atoms with Gasteiger partial charge in [0.15, 0.2) is 5.96 Å². The van der Waals surface area contributed by atoms with E-state index in [2.05, 4.69) is 41.6 Å². The third-order valence-electron chi connectivity index (χ3n) is 4.59. The van der Waals surface area contributed by atoms with Gasteiger partial charge < -0.3 is 20.1 Å². The molecule has 6 heteroatoms. The van der Waals surface area contributed by atoms with Crippen LogP contribution in [-0.2, 0) is 11.3 Å². The van der Waals surface area contributed by atoms with Crippen molar-refractivity contribution in [2.75, 3.05) is 13.7 Å². The molecule has 140 valence electrons. The second-order valence-corrected chi connectivity index (χ2v) is 7.14. The van der Waals surface area contributed by atoms with Gasteiger partial charge in [-0.2, -0.15) is 0 Å². The van der Waals surface area contributed by atoms with E-state index in [1.807, 2.05) is 19.2 Å². The van der Waals surface area contributed by atoms with Crippen LogP contribution >= 0.6 is 24.0 Å². The van der Waals surface area contributed by atoms with Crippen molar-refractivity contribution in [2.24, 2.45) is 10.9 Å². The molecule has 0 radical (unpaired) electrons. The summed E-state index contributed by atoms with van der Waals surface area (Å²) in [7, 11) is 1.81. The Morgan fingerprint density at radius 1 is 1.36 bits per heavy atom. The van der Waals surface area contributed by atoms with Crippen molar-refractivity contribution in [3.63, 3.8) is 0 Å². The molecule has 2 fully saturated rings. The van der Waals surface area contributed by atoms with Gasteiger partial charge in [0.1, 0.15) is 5.75 Å². The number of nitrogens with zero attached hydrogens (tertiary/aromatic N) is 1. The Labute approximate surface area is 168 Å². The van der Waals surface area contributed by atoms with Gasteiger partial charge in [0, 0.05) is 13.6 Å². The van der Waals surface area contributed by atoms with E-state index in [1.54, 1.807) is 0 Å². The highest BCUT2D eigenvalue weighted by molar-refractivity contribution is 14.0. The molecule has 1 aromatic carbocycles. The summed E-state index contributed by atoms with van der Waals surface area (Å²) in [5.41, 5.74) is 1.18. The summed E-state index contributed by atoms with van der Waals surface area (Å²) in [6.45, 7) is 5.77. The molecule has 3 rings (SSSR count). The molecule has 2 N–H and O–H groups in total. The predicted molar refractivity (Wildman–Crippen MR) is 112 cm³/mol. The van der Waals surface area contributed by atoms with Crippen molar-refractivity contribution in [1.82, 2.24) is 10.6 Å². The Bertz CT molecular complexity index is 580. The molecule has 0 amide bonds. The number of halogens is 1. The van der Waals surface area contributed by atoms with Gasteiger partial charge in [-0.1, -0.05) is 26.0 Å². The Morgan fingerprint density at radius 3 is 2.84 bits per heavy atom. The first-order valence-corrected chi connectivity index (χ1v) is 8.98.